The van der Waals surface area contributed by atoms with E-state index in [2.05, 4.69) is 15.3 Å². The van der Waals surface area contributed by atoms with Crippen molar-refractivity contribution in [1.82, 2.24) is 9.97 Å². The first-order valence-electron chi connectivity index (χ1n) is 8.52. The Morgan fingerprint density at radius 1 is 1.04 bits per heavy atom. The van der Waals surface area contributed by atoms with Crippen LogP contribution in [0.1, 0.15) is 16.8 Å². The second-order valence-corrected chi connectivity index (χ2v) is 6.33. The highest BCUT2D eigenvalue weighted by Crippen LogP contribution is 2.20. The number of anilines is 1. The van der Waals surface area contributed by atoms with Crippen molar-refractivity contribution in [3.63, 3.8) is 0 Å². The molecular weight excluding hydrogens is 345 g/mol. The lowest BCUT2D eigenvalue weighted by Crippen LogP contribution is -2.21. The predicted molar refractivity (Wildman–Crippen MR) is 102 cm³/mol. The zero-order chi connectivity index (χ0) is 19.4. The fourth-order valence-electron chi connectivity index (χ4n) is 2.54. The van der Waals surface area contributed by atoms with Gasteiger partial charge in [0.2, 0.25) is 5.88 Å². The summed E-state index contributed by atoms with van der Waals surface area (Å²) < 4.78 is 18.6. The second-order valence-electron chi connectivity index (χ2n) is 6.33. The number of hydrogen-bond acceptors (Lipinski definition) is 4. The van der Waals surface area contributed by atoms with Gasteiger partial charge in [0, 0.05) is 23.0 Å². The molecule has 0 aliphatic heterocycles. The zero-order valence-corrected chi connectivity index (χ0v) is 15.4. The number of nitrogens with zero attached hydrogens (tertiary/aromatic N) is 2. The molecule has 6 heteroatoms. The smallest absolute Gasteiger partial charge is 0.262 e. The molecule has 0 saturated carbocycles. The fraction of sp³-hybridized carbons (Fsp3) is 0.190. The standard InChI is InChI=1S/C21H20FN3O2/c1-13-4-5-14(2)18(10-13)24-19(26)12-27-20-11-15(3)23-21(25-20)16-6-8-17(22)9-7-16/h4-11H,12H2,1-3H3,(H,24,26). The molecule has 0 saturated heterocycles. The molecule has 2 aromatic carbocycles. The quantitative estimate of drug-likeness (QED) is 0.735. The third-order valence-corrected chi connectivity index (χ3v) is 3.95. The van der Waals surface area contributed by atoms with Gasteiger partial charge < -0.3 is 10.1 Å². The van der Waals surface area contributed by atoms with Gasteiger partial charge in [-0.25, -0.2) is 9.37 Å². The summed E-state index contributed by atoms with van der Waals surface area (Å²) in [4.78, 5) is 20.8. The summed E-state index contributed by atoms with van der Waals surface area (Å²) >= 11 is 0. The van der Waals surface area contributed by atoms with Crippen molar-refractivity contribution in [2.24, 2.45) is 0 Å². The molecule has 1 N–H and O–H groups in total. The topological polar surface area (TPSA) is 64.1 Å². The van der Waals surface area contributed by atoms with Gasteiger partial charge in [0.15, 0.2) is 12.4 Å². The highest BCUT2D eigenvalue weighted by Gasteiger charge is 2.10. The van der Waals surface area contributed by atoms with E-state index in [1.807, 2.05) is 32.0 Å². The van der Waals surface area contributed by atoms with Crippen molar-refractivity contribution in [3.05, 3.63) is 71.2 Å². The molecule has 5 nitrogen and oxygen atoms in total. The van der Waals surface area contributed by atoms with E-state index in [0.717, 1.165) is 16.8 Å². The monoisotopic (exact) mass is 365 g/mol. The van der Waals surface area contributed by atoms with Crippen LogP contribution in [-0.4, -0.2) is 22.5 Å². The number of benzene rings is 2. The van der Waals surface area contributed by atoms with Crippen LogP contribution in [0.15, 0.2) is 48.5 Å². The lowest BCUT2D eigenvalue weighted by atomic mass is 10.1. The van der Waals surface area contributed by atoms with Crippen LogP contribution in [0.4, 0.5) is 10.1 Å². The highest BCUT2D eigenvalue weighted by atomic mass is 19.1. The number of aromatic nitrogens is 2. The van der Waals surface area contributed by atoms with Crippen molar-refractivity contribution < 1.29 is 13.9 Å². The lowest BCUT2D eigenvalue weighted by Gasteiger charge is -2.11. The SMILES string of the molecule is Cc1ccc(C)c(NC(=O)COc2cc(C)nc(-c3ccc(F)cc3)n2)c1. The minimum Gasteiger partial charge on any atom is -0.467 e. The Kier molecular flexibility index (Phi) is 5.45. The van der Waals surface area contributed by atoms with Crippen LogP contribution >= 0.6 is 0 Å². The van der Waals surface area contributed by atoms with Crippen LogP contribution < -0.4 is 10.1 Å². The highest BCUT2D eigenvalue weighted by molar-refractivity contribution is 5.92. The van der Waals surface area contributed by atoms with Crippen molar-refractivity contribution >= 4 is 11.6 Å². The second kappa shape index (κ2) is 7.95. The molecule has 138 valence electrons. The van der Waals surface area contributed by atoms with E-state index >= 15 is 0 Å². The summed E-state index contributed by atoms with van der Waals surface area (Å²) in [6, 6.07) is 13.4. The number of aryl methyl sites for hydroxylation is 3. The van der Waals surface area contributed by atoms with Gasteiger partial charge in [0.05, 0.1) is 0 Å². The van der Waals surface area contributed by atoms with Crippen LogP contribution in [0, 0.1) is 26.6 Å². The molecule has 1 aromatic heterocycles. The van der Waals surface area contributed by atoms with E-state index in [9.17, 15) is 9.18 Å². The molecule has 0 radical (unpaired) electrons. The largest absolute Gasteiger partial charge is 0.467 e. The van der Waals surface area contributed by atoms with Crippen LogP contribution in [0.2, 0.25) is 0 Å². The number of nitrogens with one attached hydrogen (secondary N) is 1. The zero-order valence-electron chi connectivity index (χ0n) is 15.4. The van der Waals surface area contributed by atoms with E-state index < -0.39 is 0 Å². The average molecular weight is 365 g/mol. The van der Waals surface area contributed by atoms with Gasteiger partial charge in [-0.05, 0) is 62.2 Å². The number of amides is 1. The molecule has 0 aliphatic rings. The minimum absolute atomic E-state index is 0.174. The Labute approximate surface area is 157 Å². The van der Waals surface area contributed by atoms with Crippen molar-refractivity contribution in [3.8, 4) is 17.3 Å². The lowest BCUT2D eigenvalue weighted by molar-refractivity contribution is -0.118. The molecular formula is C21H20FN3O2. The van der Waals surface area contributed by atoms with E-state index in [1.54, 1.807) is 25.1 Å². The van der Waals surface area contributed by atoms with Gasteiger partial charge in [0.25, 0.3) is 5.91 Å². The minimum atomic E-state index is -0.328. The van der Waals surface area contributed by atoms with Crippen molar-refractivity contribution in [1.29, 1.82) is 0 Å². The van der Waals surface area contributed by atoms with E-state index in [-0.39, 0.29) is 24.2 Å². The molecule has 3 aromatic rings. The number of hydrogen-bond donors (Lipinski definition) is 1. The van der Waals surface area contributed by atoms with Gasteiger partial charge in [0.1, 0.15) is 5.82 Å². The van der Waals surface area contributed by atoms with Gasteiger partial charge in [-0.1, -0.05) is 12.1 Å². The first-order chi connectivity index (χ1) is 12.9. The van der Waals surface area contributed by atoms with Crippen LogP contribution in [0.3, 0.4) is 0 Å². The normalized spacial score (nSPS) is 10.5. The summed E-state index contributed by atoms with van der Waals surface area (Å²) in [7, 11) is 0. The molecule has 3 rings (SSSR count). The third kappa shape index (κ3) is 4.88. The molecule has 0 bridgehead atoms. The summed E-state index contributed by atoms with van der Waals surface area (Å²) in [6.45, 7) is 5.52. The molecule has 0 unspecified atom stereocenters. The molecule has 0 aliphatic carbocycles. The first kappa shape index (κ1) is 18.5. The number of carbonyl (C=O) groups is 1. The molecule has 27 heavy (non-hydrogen) atoms. The third-order valence-electron chi connectivity index (χ3n) is 3.95. The summed E-state index contributed by atoms with van der Waals surface area (Å²) in [5.74, 6) is 0.104. The van der Waals surface area contributed by atoms with E-state index in [1.165, 1.54) is 12.1 Å². The predicted octanol–water partition coefficient (Wildman–Crippen LogP) is 4.23. The van der Waals surface area contributed by atoms with Crippen molar-refractivity contribution in [2.45, 2.75) is 20.8 Å². The summed E-state index contributed by atoms with van der Waals surface area (Å²) in [5.41, 5.74) is 4.16. The number of carbonyl (C=O) groups excluding carboxylic acids is 1. The summed E-state index contributed by atoms with van der Waals surface area (Å²) in [6.07, 6.45) is 0. The van der Waals surface area contributed by atoms with Gasteiger partial charge in [-0.2, -0.15) is 4.98 Å². The molecule has 0 spiro atoms. The van der Waals surface area contributed by atoms with Gasteiger partial charge in [-0.3, -0.25) is 4.79 Å². The van der Waals surface area contributed by atoms with E-state index in [0.29, 0.717) is 17.1 Å². The van der Waals surface area contributed by atoms with Gasteiger partial charge >= 0.3 is 0 Å². The van der Waals surface area contributed by atoms with Crippen LogP contribution in [-0.2, 0) is 4.79 Å². The number of halogens is 1. The Morgan fingerprint density at radius 2 is 1.78 bits per heavy atom. The summed E-state index contributed by atoms with van der Waals surface area (Å²) in [5, 5.41) is 2.84. The molecule has 0 atom stereocenters. The Bertz CT molecular complexity index is 972. The number of ether oxygens (including phenoxy) is 1. The molecule has 0 fully saturated rings. The van der Waals surface area contributed by atoms with Crippen LogP contribution in [0.5, 0.6) is 5.88 Å². The van der Waals surface area contributed by atoms with E-state index in [4.69, 9.17) is 4.74 Å². The Morgan fingerprint density at radius 3 is 2.52 bits per heavy atom. The van der Waals surface area contributed by atoms with Crippen LogP contribution in [0.25, 0.3) is 11.4 Å². The number of rotatable bonds is 5. The molecule has 1 heterocycles. The fourth-order valence-corrected chi connectivity index (χ4v) is 2.54. The maximum absolute atomic E-state index is 13.1. The maximum Gasteiger partial charge on any atom is 0.262 e. The Balaban J connectivity index is 1.69. The Hall–Kier alpha value is -3.28. The average Bonchev–Trinajstić information content (AvgIpc) is 2.63. The van der Waals surface area contributed by atoms with Gasteiger partial charge in [-0.15, -0.1) is 0 Å². The van der Waals surface area contributed by atoms with Crippen molar-refractivity contribution in [2.75, 3.05) is 11.9 Å². The molecule has 1 amide bonds. The first-order valence-corrected chi connectivity index (χ1v) is 8.52. The maximum atomic E-state index is 13.1.